The third-order valence-electron chi connectivity index (χ3n) is 1.37. The van der Waals surface area contributed by atoms with Crippen molar-refractivity contribution in [1.29, 1.82) is 0 Å². The van der Waals surface area contributed by atoms with E-state index >= 15 is 0 Å². The molecule has 13 heavy (non-hydrogen) atoms. The maximum absolute atomic E-state index is 11.1. The Kier molecular flexibility index (Phi) is 5.46. The van der Waals surface area contributed by atoms with E-state index < -0.39 is 0 Å². The zero-order chi connectivity index (χ0) is 9.14. The molecule has 0 aliphatic carbocycles. The van der Waals surface area contributed by atoms with E-state index in [-0.39, 0.29) is 43.3 Å². The zero-order valence-corrected chi connectivity index (χ0v) is 10.7. The van der Waals surface area contributed by atoms with Gasteiger partial charge in [0.15, 0.2) is 0 Å². The molecule has 68 valence electrons. The van der Waals surface area contributed by atoms with Gasteiger partial charge < -0.3 is 6.33 Å². The van der Waals surface area contributed by atoms with Crippen LogP contribution in [0, 0.1) is 4.77 Å². The Labute approximate surface area is 105 Å². The van der Waals surface area contributed by atoms with E-state index in [0.29, 0.717) is 10.6 Å². The summed E-state index contributed by atoms with van der Waals surface area (Å²) in [6.07, 6.45) is 0.250. The molecule has 0 aromatic carbocycles. The monoisotopic (exact) mass is 210 g/mol. The minimum Gasteiger partial charge on any atom is -1.00 e. The number of hydrogen-bond acceptors (Lipinski definition) is 3. The fourth-order valence-corrected chi connectivity index (χ4v) is 0.850. The number of carbonyl (C=O) groups is 1. The molecule has 0 aliphatic rings. The maximum atomic E-state index is 11.1. The number of aromatic nitrogens is 3. The number of H-pyrrole nitrogens is 2. The number of aromatic amines is 2. The van der Waals surface area contributed by atoms with E-state index in [9.17, 15) is 4.79 Å². The van der Waals surface area contributed by atoms with Gasteiger partial charge in [-0.05, 0) is 12.2 Å². The molecule has 0 spiro atoms. The van der Waals surface area contributed by atoms with Crippen molar-refractivity contribution < 1.29 is 35.8 Å². The zero-order valence-electron chi connectivity index (χ0n) is 8.92. The quantitative estimate of drug-likeness (QED) is 0.410. The smallest absolute Gasteiger partial charge is 1.00 e. The van der Waals surface area contributed by atoms with E-state index in [1.807, 2.05) is 0 Å². The van der Waals surface area contributed by atoms with E-state index in [2.05, 4.69) is 15.2 Å². The second-order valence-electron chi connectivity index (χ2n) is 2.58. The molecule has 0 saturated carbocycles. The molecule has 5 nitrogen and oxygen atoms in total. The SMILES string of the molecule is CN(C)C(=O)Cc1nc(=S)[nH][nH]1.[H-].[Na+]. The molecule has 1 aromatic rings. The van der Waals surface area contributed by atoms with E-state index in [0.717, 1.165) is 0 Å². The van der Waals surface area contributed by atoms with Gasteiger partial charge in [-0.2, -0.15) is 0 Å². The number of hydrogen-bond donors (Lipinski definition) is 2. The van der Waals surface area contributed by atoms with E-state index in [1.54, 1.807) is 14.1 Å². The topological polar surface area (TPSA) is 64.8 Å². The van der Waals surface area contributed by atoms with Gasteiger partial charge in [-0.15, -0.1) is 0 Å². The van der Waals surface area contributed by atoms with Crippen LogP contribution in [0.15, 0.2) is 0 Å². The molecule has 0 fully saturated rings. The molecule has 1 rings (SSSR count). The van der Waals surface area contributed by atoms with Gasteiger partial charge in [0.25, 0.3) is 0 Å². The third-order valence-corrected chi connectivity index (χ3v) is 1.56. The van der Waals surface area contributed by atoms with Crippen LogP contribution in [0.5, 0.6) is 0 Å². The first-order valence-electron chi connectivity index (χ1n) is 3.43. The van der Waals surface area contributed by atoms with Crippen LogP contribution < -0.4 is 29.6 Å². The Balaban J connectivity index is 0. The minimum atomic E-state index is -0.00671. The second-order valence-corrected chi connectivity index (χ2v) is 2.97. The summed E-state index contributed by atoms with van der Waals surface area (Å²) in [6, 6.07) is 0. The Hall–Kier alpha value is -0.170. The fraction of sp³-hybridized carbons (Fsp3) is 0.500. The standard InChI is InChI=1S/C6H10N4OS.Na.H/c1-10(2)5(11)3-4-7-6(12)9-8-4;;/h3H2,1-2H3,(H2,7,8,9,12);;/q;+1;-1. The Morgan fingerprint density at radius 1 is 1.62 bits per heavy atom. The van der Waals surface area contributed by atoms with Gasteiger partial charge in [-0.25, -0.2) is 4.98 Å². The predicted octanol–water partition coefficient (Wildman–Crippen LogP) is -2.79. The normalized spacial score (nSPS) is 9.08. The molecule has 0 bridgehead atoms. The fourth-order valence-electron chi connectivity index (χ4n) is 0.689. The summed E-state index contributed by atoms with van der Waals surface area (Å²) in [5.74, 6) is 0.562. The first kappa shape index (κ1) is 12.8. The van der Waals surface area contributed by atoms with Crippen LogP contribution in [0.3, 0.4) is 0 Å². The van der Waals surface area contributed by atoms with Crippen molar-refractivity contribution in [3.63, 3.8) is 0 Å². The van der Waals surface area contributed by atoms with E-state index in [1.165, 1.54) is 4.90 Å². The van der Waals surface area contributed by atoms with Crippen LogP contribution in [0.25, 0.3) is 0 Å². The molecule has 7 heteroatoms. The second kappa shape index (κ2) is 5.54. The van der Waals surface area contributed by atoms with Gasteiger partial charge in [-0.3, -0.25) is 15.0 Å². The first-order chi connectivity index (χ1) is 5.59. The predicted molar refractivity (Wildman–Crippen MR) is 47.3 cm³/mol. The molecule has 2 N–H and O–H groups in total. The van der Waals surface area contributed by atoms with Crippen LogP contribution in [-0.4, -0.2) is 40.1 Å². The summed E-state index contributed by atoms with van der Waals surface area (Å²) in [5.41, 5.74) is 0. The van der Waals surface area contributed by atoms with Gasteiger partial charge in [0, 0.05) is 14.1 Å². The van der Waals surface area contributed by atoms with Gasteiger partial charge in [0.2, 0.25) is 10.7 Å². The number of carbonyl (C=O) groups excluding carboxylic acids is 1. The molecule has 0 radical (unpaired) electrons. The third kappa shape index (κ3) is 4.04. The average Bonchev–Trinajstić information content (AvgIpc) is 2.35. The van der Waals surface area contributed by atoms with Crippen molar-refractivity contribution in [3.8, 4) is 0 Å². The summed E-state index contributed by atoms with van der Waals surface area (Å²) in [7, 11) is 3.40. The molecule has 1 heterocycles. The molecule has 0 unspecified atom stereocenters. The minimum absolute atomic E-state index is 0. The molecule has 1 amide bonds. The van der Waals surface area contributed by atoms with Crippen LogP contribution in [0.2, 0.25) is 0 Å². The van der Waals surface area contributed by atoms with Crippen molar-refractivity contribution in [2.75, 3.05) is 14.1 Å². The summed E-state index contributed by atoms with van der Waals surface area (Å²) in [6.45, 7) is 0. The molecule has 1 aromatic heterocycles. The van der Waals surface area contributed by atoms with Crippen LogP contribution in [0.1, 0.15) is 7.25 Å². The van der Waals surface area contributed by atoms with Gasteiger partial charge >= 0.3 is 29.6 Å². The number of nitrogens with one attached hydrogen (secondary N) is 2. The Morgan fingerprint density at radius 2 is 2.23 bits per heavy atom. The van der Waals surface area contributed by atoms with Gasteiger partial charge in [0.05, 0.1) is 6.42 Å². The first-order valence-corrected chi connectivity index (χ1v) is 3.84. The van der Waals surface area contributed by atoms with Crippen molar-refractivity contribution in [3.05, 3.63) is 10.6 Å². The summed E-state index contributed by atoms with van der Waals surface area (Å²) >= 11 is 4.73. The van der Waals surface area contributed by atoms with E-state index in [4.69, 9.17) is 12.2 Å². The van der Waals surface area contributed by atoms with Crippen molar-refractivity contribution >= 4 is 18.1 Å². The maximum Gasteiger partial charge on any atom is 1.00 e. The van der Waals surface area contributed by atoms with Crippen LogP contribution >= 0.6 is 12.2 Å². The average molecular weight is 210 g/mol. The molecular formula is C6H11N4NaOS. The summed E-state index contributed by atoms with van der Waals surface area (Å²) < 4.78 is 0.372. The number of likely N-dealkylation sites (N-methyl/N-ethyl adjacent to an activating group) is 1. The number of rotatable bonds is 2. The van der Waals surface area contributed by atoms with Gasteiger partial charge in [-0.1, -0.05) is 0 Å². The molecule has 0 aliphatic heterocycles. The van der Waals surface area contributed by atoms with Gasteiger partial charge in [0.1, 0.15) is 5.82 Å². The van der Waals surface area contributed by atoms with Crippen LogP contribution in [-0.2, 0) is 11.2 Å². The number of amides is 1. The Bertz CT molecular complexity index is 337. The van der Waals surface area contributed by atoms with Crippen molar-refractivity contribution in [1.82, 2.24) is 20.1 Å². The molecule has 0 atom stereocenters. The Morgan fingerprint density at radius 3 is 2.62 bits per heavy atom. The van der Waals surface area contributed by atoms with Crippen molar-refractivity contribution in [2.24, 2.45) is 0 Å². The number of nitrogens with zero attached hydrogens (tertiary/aromatic N) is 2. The molecule has 0 saturated heterocycles. The molecular weight excluding hydrogens is 199 g/mol. The van der Waals surface area contributed by atoms with Crippen molar-refractivity contribution in [2.45, 2.75) is 6.42 Å². The van der Waals surface area contributed by atoms with Crippen LogP contribution in [0.4, 0.5) is 0 Å². The summed E-state index contributed by atoms with van der Waals surface area (Å²) in [5, 5.41) is 5.32. The summed E-state index contributed by atoms with van der Waals surface area (Å²) in [4.78, 5) is 16.5. The largest absolute Gasteiger partial charge is 1.00 e.